The zero-order valence-corrected chi connectivity index (χ0v) is 12.4. The van der Waals surface area contributed by atoms with Gasteiger partial charge in [-0.3, -0.25) is 5.43 Å². The Balaban J connectivity index is 1.69. The normalized spacial score (nSPS) is 29.1. The van der Waals surface area contributed by atoms with Crippen molar-refractivity contribution in [1.29, 1.82) is 0 Å². The third kappa shape index (κ3) is 2.23. The maximum Gasteiger partial charge on any atom is 0.199 e. The third-order valence-corrected chi connectivity index (χ3v) is 3.92. The minimum atomic E-state index is -0.446. The summed E-state index contributed by atoms with van der Waals surface area (Å²) in [5.41, 5.74) is 10.5. The molecule has 1 aromatic carbocycles. The molecule has 0 amide bonds. The number of hydrogen-bond acceptors (Lipinski definition) is 6. The Morgan fingerprint density at radius 1 is 1.45 bits per heavy atom. The van der Waals surface area contributed by atoms with Gasteiger partial charge in [0.1, 0.15) is 11.6 Å². The summed E-state index contributed by atoms with van der Waals surface area (Å²) >= 11 is 4.77. The van der Waals surface area contributed by atoms with Crippen molar-refractivity contribution in [2.24, 2.45) is 10.8 Å². The van der Waals surface area contributed by atoms with E-state index < -0.39 is 6.29 Å². The molecule has 8 nitrogen and oxygen atoms in total. The fourth-order valence-corrected chi connectivity index (χ4v) is 2.88. The van der Waals surface area contributed by atoms with Gasteiger partial charge in [0.05, 0.1) is 23.9 Å². The predicted molar refractivity (Wildman–Crippen MR) is 83.2 cm³/mol. The summed E-state index contributed by atoms with van der Waals surface area (Å²) in [6.07, 6.45) is 0.120. The van der Waals surface area contributed by atoms with E-state index in [0.717, 1.165) is 11.0 Å². The van der Waals surface area contributed by atoms with E-state index in [9.17, 15) is 0 Å². The number of nitrogens with one attached hydrogen (secondary N) is 1. The Morgan fingerprint density at radius 3 is 3.18 bits per heavy atom. The molecule has 0 spiro atoms. The van der Waals surface area contributed by atoms with Gasteiger partial charge in [-0.2, -0.15) is 5.10 Å². The molecule has 2 aliphatic heterocycles. The van der Waals surface area contributed by atoms with Crippen molar-refractivity contribution in [2.75, 3.05) is 6.61 Å². The molecular weight excluding hydrogens is 304 g/mol. The van der Waals surface area contributed by atoms with E-state index in [1.165, 1.54) is 0 Å². The molecule has 1 aromatic heterocycles. The van der Waals surface area contributed by atoms with Gasteiger partial charge in [-0.15, -0.1) is 5.10 Å². The second kappa shape index (κ2) is 5.27. The van der Waals surface area contributed by atoms with Crippen LogP contribution in [-0.4, -0.2) is 44.8 Å². The molecule has 0 saturated carbocycles. The van der Waals surface area contributed by atoms with Crippen LogP contribution in [0.25, 0.3) is 11.0 Å². The molecule has 2 aliphatic rings. The van der Waals surface area contributed by atoms with Gasteiger partial charge in [0.25, 0.3) is 0 Å². The summed E-state index contributed by atoms with van der Waals surface area (Å²) in [5.74, 6) is 0. The fourth-order valence-electron chi connectivity index (χ4n) is 2.84. The fraction of sp³-hybridized carbons (Fsp3) is 0.385. The van der Waals surface area contributed by atoms with Crippen molar-refractivity contribution < 1.29 is 9.47 Å². The highest BCUT2D eigenvalue weighted by molar-refractivity contribution is 7.80. The standard InChI is InChI=1S/C13H14N6O2S/c14-13(22)17-15-8-5-10(11-6-20-12(8)21-11)19-9-4-2-1-3-7(9)16-18-19/h1-4,10-12H,5-6H2,(H3,14,17,22)/b15-8-/t10-,11-,12-/m1/s1. The van der Waals surface area contributed by atoms with Crippen LogP contribution >= 0.6 is 12.2 Å². The maximum absolute atomic E-state index is 5.86. The van der Waals surface area contributed by atoms with Crippen LogP contribution in [0.4, 0.5) is 0 Å². The first kappa shape index (κ1) is 13.6. The van der Waals surface area contributed by atoms with Gasteiger partial charge in [-0.1, -0.05) is 17.3 Å². The smallest absolute Gasteiger partial charge is 0.199 e. The largest absolute Gasteiger partial charge is 0.375 e. The molecule has 114 valence electrons. The van der Waals surface area contributed by atoms with E-state index in [0.29, 0.717) is 18.7 Å². The van der Waals surface area contributed by atoms with Crippen LogP contribution in [0.1, 0.15) is 12.5 Å². The molecule has 2 saturated heterocycles. The van der Waals surface area contributed by atoms with Crippen LogP contribution in [0, 0.1) is 0 Å². The lowest BCUT2D eigenvalue weighted by Gasteiger charge is -2.28. The Labute approximate surface area is 131 Å². The van der Waals surface area contributed by atoms with Crippen molar-refractivity contribution in [2.45, 2.75) is 24.9 Å². The first-order valence-corrected chi connectivity index (χ1v) is 7.32. The number of thiocarbonyl (C=S) groups is 1. The number of nitrogens with two attached hydrogens (primary N) is 1. The Kier molecular flexibility index (Phi) is 3.25. The quantitative estimate of drug-likeness (QED) is 0.607. The van der Waals surface area contributed by atoms with Crippen molar-refractivity contribution in [3.63, 3.8) is 0 Å². The minimum absolute atomic E-state index is 0.0296. The van der Waals surface area contributed by atoms with E-state index in [2.05, 4.69) is 20.8 Å². The molecule has 9 heteroatoms. The molecule has 0 unspecified atom stereocenters. The van der Waals surface area contributed by atoms with Crippen LogP contribution in [0.3, 0.4) is 0 Å². The molecule has 0 radical (unpaired) electrons. The van der Waals surface area contributed by atoms with Gasteiger partial charge in [-0.05, 0) is 24.4 Å². The van der Waals surface area contributed by atoms with Crippen molar-refractivity contribution in [1.82, 2.24) is 20.4 Å². The summed E-state index contributed by atoms with van der Waals surface area (Å²) in [6, 6.07) is 7.79. The highest BCUT2D eigenvalue weighted by atomic mass is 32.1. The van der Waals surface area contributed by atoms with Crippen LogP contribution in [0.2, 0.25) is 0 Å². The van der Waals surface area contributed by atoms with E-state index in [1.807, 2.05) is 28.9 Å². The average molecular weight is 318 g/mol. The Bertz CT molecular complexity index is 760. The number of ether oxygens (including phenoxy) is 2. The van der Waals surface area contributed by atoms with Crippen LogP contribution in [-0.2, 0) is 9.47 Å². The lowest BCUT2D eigenvalue weighted by molar-refractivity contribution is -0.0317. The molecule has 2 fully saturated rings. The van der Waals surface area contributed by atoms with Gasteiger partial charge in [-0.25, -0.2) is 4.68 Å². The SMILES string of the molecule is NC(=S)N/N=C1/C[C@@H](n2nnc3ccccc32)[C@H]2CO[C@@H]1O2. The number of nitrogens with zero attached hydrogens (tertiary/aromatic N) is 4. The van der Waals surface area contributed by atoms with Gasteiger partial charge in [0, 0.05) is 6.42 Å². The lowest BCUT2D eigenvalue weighted by Crippen LogP contribution is -2.39. The summed E-state index contributed by atoms with van der Waals surface area (Å²) in [5, 5.41) is 12.8. The maximum atomic E-state index is 5.86. The summed E-state index contributed by atoms with van der Waals surface area (Å²) < 4.78 is 13.4. The van der Waals surface area contributed by atoms with Crippen LogP contribution < -0.4 is 11.2 Å². The Hall–Kier alpha value is -2.10. The van der Waals surface area contributed by atoms with Crippen molar-refractivity contribution >= 4 is 34.1 Å². The average Bonchev–Trinajstić information content (AvgIpc) is 3.12. The first-order chi connectivity index (χ1) is 10.7. The number of aromatic nitrogens is 3. The molecule has 2 bridgehead atoms. The van der Waals surface area contributed by atoms with E-state index in [4.69, 9.17) is 27.4 Å². The molecule has 4 rings (SSSR count). The molecule has 2 aromatic rings. The predicted octanol–water partition coefficient (Wildman–Crippen LogP) is 0.307. The summed E-state index contributed by atoms with van der Waals surface area (Å²) in [7, 11) is 0. The molecule has 3 heterocycles. The monoisotopic (exact) mass is 318 g/mol. The second-order valence-electron chi connectivity index (χ2n) is 5.21. The molecule has 22 heavy (non-hydrogen) atoms. The van der Waals surface area contributed by atoms with Crippen molar-refractivity contribution in [3.05, 3.63) is 24.3 Å². The molecule has 0 aliphatic carbocycles. The molecule has 3 atom stereocenters. The first-order valence-electron chi connectivity index (χ1n) is 6.91. The minimum Gasteiger partial charge on any atom is -0.375 e. The van der Waals surface area contributed by atoms with E-state index in [1.54, 1.807) is 0 Å². The number of fused-ring (bicyclic) bond motifs is 3. The Morgan fingerprint density at radius 2 is 2.32 bits per heavy atom. The number of rotatable bonds is 2. The second-order valence-corrected chi connectivity index (χ2v) is 5.65. The van der Waals surface area contributed by atoms with Crippen LogP contribution in [0.5, 0.6) is 0 Å². The highest BCUT2D eigenvalue weighted by Crippen LogP contribution is 2.34. The number of para-hydroxylation sites is 1. The van der Waals surface area contributed by atoms with Gasteiger partial charge >= 0.3 is 0 Å². The van der Waals surface area contributed by atoms with E-state index in [-0.39, 0.29) is 17.3 Å². The summed E-state index contributed by atoms with van der Waals surface area (Å²) in [4.78, 5) is 0. The number of hydrazone groups is 1. The summed E-state index contributed by atoms with van der Waals surface area (Å²) in [6.45, 7) is 0.496. The number of benzene rings is 1. The topological polar surface area (TPSA) is 99.6 Å². The van der Waals surface area contributed by atoms with Gasteiger partial charge in [0.15, 0.2) is 11.4 Å². The third-order valence-electron chi connectivity index (χ3n) is 3.83. The highest BCUT2D eigenvalue weighted by Gasteiger charge is 2.43. The van der Waals surface area contributed by atoms with Crippen LogP contribution in [0.15, 0.2) is 29.4 Å². The van der Waals surface area contributed by atoms with Gasteiger partial charge < -0.3 is 15.2 Å². The molecular formula is C13H14N6O2S. The molecule has 3 N–H and O–H groups in total. The zero-order chi connectivity index (χ0) is 15.1. The number of hydrogen-bond donors (Lipinski definition) is 2. The van der Waals surface area contributed by atoms with Crippen molar-refractivity contribution in [3.8, 4) is 0 Å². The van der Waals surface area contributed by atoms with Gasteiger partial charge in [0.2, 0.25) is 0 Å². The zero-order valence-electron chi connectivity index (χ0n) is 11.5. The van der Waals surface area contributed by atoms with E-state index >= 15 is 0 Å². The lowest BCUT2D eigenvalue weighted by atomic mass is 10.0.